The van der Waals surface area contributed by atoms with Crippen LogP contribution in [0.15, 0.2) is 0 Å². The summed E-state index contributed by atoms with van der Waals surface area (Å²) in [4.78, 5) is 15.7. The molecule has 1 fully saturated rings. The molecule has 1 unspecified atom stereocenters. The van der Waals surface area contributed by atoms with E-state index >= 15 is 0 Å². The molecule has 0 bridgehead atoms. The van der Waals surface area contributed by atoms with Gasteiger partial charge in [-0.1, -0.05) is 0 Å². The fourth-order valence-electron chi connectivity index (χ4n) is 2.01. The molecule has 4 nitrogen and oxygen atoms in total. The standard InChI is InChI=1S/C12H25N3O/c1-5-14(4)12(16)13-8-11-6-7-15(9-11)10(2)3/h10-11H,5-9H2,1-4H3,(H,13,16). The third kappa shape index (κ3) is 3.67. The molecule has 0 radical (unpaired) electrons. The van der Waals surface area contributed by atoms with Crippen LogP contribution in [0.2, 0.25) is 0 Å². The van der Waals surface area contributed by atoms with Crippen LogP contribution in [0.3, 0.4) is 0 Å². The average molecular weight is 227 g/mol. The summed E-state index contributed by atoms with van der Waals surface area (Å²) < 4.78 is 0. The van der Waals surface area contributed by atoms with E-state index in [-0.39, 0.29) is 6.03 Å². The Hall–Kier alpha value is -0.770. The molecular weight excluding hydrogens is 202 g/mol. The molecule has 0 aliphatic carbocycles. The predicted molar refractivity (Wildman–Crippen MR) is 66.5 cm³/mol. The number of rotatable bonds is 4. The van der Waals surface area contributed by atoms with Crippen LogP contribution in [0.25, 0.3) is 0 Å². The topological polar surface area (TPSA) is 35.6 Å². The minimum Gasteiger partial charge on any atom is -0.338 e. The van der Waals surface area contributed by atoms with E-state index in [1.54, 1.807) is 4.90 Å². The lowest BCUT2D eigenvalue weighted by Gasteiger charge is -2.21. The van der Waals surface area contributed by atoms with Crippen molar-refractivity contribution in [2.24, 2.45) is 5.92 Å². The molecule has 0 aromatic rings. The van der Waals surface area contributed by atoms with E-state index in [1.165, 1.54) is 13.0 Å². The maximum atomic E-state index is 11.5. The van der Waals surface area contributed by atoms with Crippen molar-refractivity contribution in [1.82, 2.24) is 15.1 Å². The molecular formula is C12H25N3O. The van der Waals surface area contributed by atoms with E-state index in [0.29, 0.717) is 12.0 Å². The molecule has 1 N–H and O–H groups in total. The van der Waals surface area contributed by atoms with Crippen molar-refractivity contribution in [3.63, 3.8) is 0 Å². The smallest absolute Gasteiger partial charge is 0.317 e. The number of nitrogens with one attached hydrogen (secondary N) is 1. The number of likely N-dealkylation sites (tertiary alicyclic amines) is 1. The number of hydrogen-bond acceptors (Lipinski definition) is 2. The molecule has 0 aromatic heterocycles. The van der Waals surface area contributed by atoms with Gasteiger partial charge in [0.1, 0.15) is 0 Å². The lowest BCUT2D eigenvalue weighted by molar-refractivity contribution is 0.208. The summed E-state index contributed by atoms with van der Waals surface area (Å²) >= 11 is 0. The highest BCUT2D eigenvalue weighted by molar-refractivity contribution is 5.73. The van der Waals surface area contributed by atoms with Crippen LogP contribution >= 0.6 is 0 Å². The van der Waals surface area contributed by atoms with Crippen molar-refractivity contribution < 1.29 is 4.79 Å². The summed E-state index contributed by atoms with van der Waals surface area (Å²) in [5, 5.41) is 3.00. The molecule has 2 amide bonds. The number of amides is 2. The summed E-state index contributed by atoms with van der Waals surface area (Å²) in [6.07, 6.45) is 1.20. The first-order chi connectivity index (χ1) is 7.54. The molecule has 1 aliphatic rings. The van der Waals surface area contributed by atoms with Crippen molar-refractivity contribution in [3.8, 4) is 0 Å². The van der Waals surface area contributed by atoms with Gasteiger partial charge in [-0.05, 0) is 39.7 Å². The number of urea groups is 1. The van der Waals surface area contributed by atoms with Gasteiger partial charge in [-0.25, -0.2) is 4.79 Å². The Balaban J connectivity index is 2.22. The van der Waals surface area contributed by atoms with Gasteiger partial charge in [-0.15, -0.1) is 0 Å². The Bertz CT molecular complexity index is 230. The second-order valence-electron chi connectivity index (χ2n) is 4.94. The van der Waals surface area contributed by atoms with Crippen LogP contribution in [0.5, 0.6) is 0 Å². The van der Waals surface area contributed by atoms with Gasteiger partial charge in [-0.3, -0.25) is 0 Å². The first-order valence-corrected chi connectivity index (χ1v) is 6.27. The normalized spacial score (nSPS) is 21.4. The van der Waals surface area contributed by atoms with Crippen LogP contribution in [0, 0.1) is 5.92 Å². The third-order valence-electron chi connectivity index (χ3n) is 3.41. The average Bonchev–Trinajstić information content (AvgIpc) is 2.73. The number of carbonyl (C=O) groups excluding carboxylic acids is 1. The molecule has 1 saturated heterocycles. The minimum atomic E-state index is 0.0468. The highest BCUT2D eigenvalue weighted by Crippen LogP contribution is 2.17. The lowest BCUT2D eigenvalue weighted by atomic mass is 10.1. The van der Waals surface area contributed by atoms with Crippen LogP contribution in [0.1, 0.15) is 27.2 Å². The SMILES string of the molecule is CCN(C)C(=O)NCC1CCN(C(C)C)C1. The second kappa shape index (κ2) is 6.09. The summed E-state index contributed by atoms with van der Waals surface area (Å²) in [7, 11) is 1.82. The Kier molecular flexibility index (Phi) is 5.06. The highest BCUT2D eigenvalue weighted by atomic mass is 16.2. The van der Waals surface area contributed by atoms with Gasteiger partial charge in [0.25, 0.3) is 0 Å². The van der Waals surface area contributed by atoms with Crippen molar-refractivity contribution in [2.75, 3.05) is 33.2 Å². The molecule has 4 heteroatoms. The fourth-order valence-corrected chi connectivity index (χ4v) is 2.01. The van der Waals surface area contributed by atoms with Crippen LogP contribution in [-0.4, -0.2) is 55.1 Å². The summed E-state index contributed by atoms with van der Waals surface area (Å²) in [5.41, 5.74) is 0. The van der Waals surface area contributed by atoms with E-state index in [1.807, 2.05) is 14.0 Å². The minimum absolute atomic E-state index is 0.0468. The zero-order valence-corrected chi connectivity index (χ0v) is 11.0. The van der Waals surface area contributed by atoms with Crippen LogP contribution in [0.4, 0.5) is 4.79 Å². The molecule has 0 aromatic carbocycles. The van der Waals surface area contributed by atoms with E-state index < -0.39 is 0 Å². The van der Waals surface area contributed by atoms with E-state index in [2.05, 4.69) is 24.1 Å². The zero-order valence-electron chi connectivity index (χ0n) is 11.0. The van der Waals surface area contributed by atoms with E-state index in [0.717, 1.165) is 19.6 Å². The summed E-state index contributed by atoms with van der Waals surface area (Å²) in [6, 6.07) is 0.671. The van der Waals surface area contributed by atoms with Gasteiger partial charge in [0.05, 0.1) is 0 Å². The Morgan fingerprint density at radius 3 is 2.75 bits per heavy atom. The van der Waals surface area contributed by atoms with Gasteiger partial charge in [-0.2, -0.15) is 0 Å². The van der Waals surface area contributed by atoms with Gasteiger partial charge >= 0.3 is 6.03 Å². The zero-order chi connectivity index (χ0) is 12.1. The molecule has 1 atom stereocenters. The second-order valence-corrected chi connectivity index (χ2v) is 4.94. The molecule has 1 aliphatic heterocycles. The quantitative estimate of drug-likeness (QED) is 0.787. The van der Waals surface area contributed by atoms with Gasteiger partial charge in [0.2, 0.25) is 0 Å². The van der Waals surface area contributed by atoms with E-state index in [4.69, 9.17) is 0 Å². The number of nitrogens with zero attached hydrogens (tertiary/aromatic N) is 2. The summed E-state index contributed by atoms with van der Waals surface area (Å²) in [5.74, 6) is 0.622. The third-order valence-corrected chi connectivity index (χ3v) is 3.41. The van der Waals surface area contributed by atoms with Gasteiger partial charge in [0.15, 0.2) is 0 Å². The predicted octanol–water partition coefficient (Wildman–Crippen LogP) is 1.38. The molecule has 1 heterocycles. The molecule has 94 valence electrons. The van der Waals surface area contributed by atoms with Crippen LogP contribution in [-0.2, 0) is 0 Å². The maximum absolute atomic E-state index is 11.5. The van der Waals surface area contributed by atoms with Crippen LogP contribution < -0.4 is 5.32 Å². The Labute approximate surface area is 99.0 Å². The lowest BCUT2D eigenvalue weighted by Crippen LogP contribution is -2.40. The van der Waals surface area contributed by atoms with E-state index in [9.17, 15) is 4.79 Å². The van der Waals surface area contributed by atoms with Gasteiger partial charge in [0, 0.05) is 32.7 Å². The van der Waals surface area contributed by atoms with Crippen molar-refractivity contribution in [1.29, 1.82) is 0 Å². The maximum Gasteiger partial charge on any atom is 0.317 e. The highest BCUT2D eigenvalue weighted by Gasteiger charge is 2.24. The fraction of sp³-hybridized carbons (Fsp3) is 0.917. The first kappa shape index (κ1) is 13.3. The summed E-state index contributed by atoms with van der Waals surface area (Å²) in [6.45, 7) is 10.3. The Morgan fingerprint density at radius 1 is 1.56 bits per heavy atom. The number of carbonyl (C=O) groups is 1. The number of hydrogen-bond donors (Lipinski definition) is 1. The van der Waals surface area contributed by atoms with Crippen molar-refractivity contribution in [3.05, 3.63) is 0 Å². The molecule has 0 saturated carbocycles. The Morgan fingerprint density at radius 2 is 2.25 bits per heavy atom. The monoisotopic (exact) mass is 227 g/mol. The molecule has 16 heavy (non-hydrogen) atoms. The largest absolute Gasteiger partial charge is 0.338 e. The van der Waals surface area contributed by atoms with Crippen molar-refractivity contribution >= 4 is 6.03 Å². The molecule has 0 spiro atoms. The van der Waals surface area contributed by atoms with Gasteiger partial charge < -0.3 is 15.1 Å². The van der Waals surface area contributed by atoms with Crippen molar-refractivity contribution in [2.45, 2.75) is 33.2 Å². The molecule has 1 rings (SSSR count). The first-order valence-electron chi connectivity index (χ1n) is 6.27.